The lowest BCUT2D eigenvalue weighted by atomic mass is 10.0. The van der Waals surface area contributed by atoms with Gasteiger partial charge in [-0.25, -0.2) is 0 Å². The Hall–Kier alpha value is -1.06. The van der Waals surface area contributed by atoms with Gasteiger partial charge in [0.15, 0.2) is 0 Å². The molecular formula is C17H26N2O. The van der Waals surface area contributed by atoms with E-state index >= 15 is 0 Å². The van der Waals surface area contributed by atoms with Crippen LogP contribution >= 0.6 is 0 Å². The standard InChI is InChI=1S/C17H26N2O/c1-2-20-16-7-5-11-19(13-16)17-8-4-3-6-14(17)12-18-15-9-10-15/h3-4,6,8,15-16,18H,2,5,7,9-13H2,1H3. The maximum absolute atomic E-state index is 5.83. The molecule has 0 amide bonds. The van der Waals surface area contributed by atoms with Crippen LogP contribution < -0.4 is 10.2 Å². The summed E-state index contributed by atoms with van der Waals surface area (Å²) in [6.45, 7) is 6.10. The van der Waals surface area contributed by atoms with Crippen LogP contribution in [0.4, 0.5) is 5.69 Å². The highest BCUT2D eigenvalue weighted by Crippen LogP contribution is 2.26. The Kier molecular flexibility index (Phi) is 4.58. The molecule has 3 nitrogen and oxygen atoms in total. The molecule has 1 aromatic rings. The normalized spacial score (nSPS) is 23.1. The number of hydrogen-bond acceptors (Lipinski definition) is 3. The van der Waals surface area contributed by atoms with Gasteiger partial charge in [0.2, 0.25) is 0 Å². The van der Waals surface area contributed by atoms with Gasteiger partial charge in [0, 0.05) is 38.0 Å². The third-order valence-electron chi connectivity index (χ3n) is 4.27. The van der Waals surface area contributed by atoms with Gasteiger partial charge in [-0.3, -0.25) is 0 Å². The second-order valence-electron chi connectivity index (χ2n) is 5.95. The van der Waals surface area contributed by atoms with Crippen molar-refractivity contribution in [2.45, 2.75) is 51.3 Å². The van der Waals surface area contributed by atoms with Crippen molar-refractivity contribution < 1.29 is 4.74 Å². The van der Waals surface area contributed by atoms with Crippen molar-refractivity contribution in [3.05, 3.63) is 29.8 Å². The topological polar surface area (TPSA) is 24.5 Å². The Bertz CT molecular complexity index is 429. The van der Waals surface area contributed by atoms with E-state index in [1.807, 2.05) is 0 Å². The average molecular weight is 274 g/mol. The molecule has 1 aliphatic carbocycles. The molecule has 1 saturated carbocycles. The van der Waals surface area contributed by atoms with Crippen molar-refractivity contribution in [1.82, 2.24) is 5.32 Å². The first kappa shape index (κ1) is 13.9. The van der Waals surface area contributed by atoms with Crippen molar-refractivity contribution in [2.24, 2.45) is 0 Å². The van der Waals surface area contributed by atoms with Crippen molar-refractivity contribution in [1.29, 1.82) is 0 Å². The van der Waals surface area contributed by atoms with E-state index in [1.54, 1.807) is 0 Å². The molecule has 3 heteroatoms. The molecule has 1 atom stereocenters. The van der Waals surface area contributed by atoms with Gasteiger partial charge >= 0.3 is 0 Å². The first-order valence-electron chi connectivity index (χ1n) is 8.04. The number of nitrogens with zero attached hydrogens (tertiary/aromatic N) is 1. The van der Waals surface area contributed by atoms with Gasteiger partial charge in [0.05, 0.1) is 6.10 Å². The van der Waals surface area contributed by atoms with E-state index in [2.05, 4.69) is 41.4 Å². The van der Waals surface area contributed by atoms with Crippen LogP contribution in [0, 0.1) is 0 Å². The molecule has 0 bridgehead atoms. The van der Waals surface area contributed by atoms with Gasteiger partial charge in [-0.05, 0) is 44.2 Å². The van der Waals surface area contributed by atoms with E-state index in [1.165, 1.54) is 36.9 Å². The van der Waals surface area contributed by atoms with Crippen LogP contribution in [-0.2, 0) is 11.3 Å². The average Bonchev–Trinajstić information content (AvgIpc) is 3.30. The molecule has 1 aliphatic heterocycles. The van der Waals surface area contributed by atoms with Crippen LogP contribution in [0.15, 0.2) is 24.3 Å². The molecule has 1 unspecified atom stereocenters. The summed E-state index contributed by atoms with van der Waals surface area (Å²) in [5.41, 5.74) is 2.82. The Morgan fingerprint density at radius 3 is 2.90 bits per heavy atom. The summed E-state index contributed by atoms with van der Waals surface area (Å²) in [4.78, 5) is 2.51. The maximum Gasteiger partial charge on any atom is 0.0750 e. The number of benzene rings is 1. The quantitative estimate of drug-likeness (QED) is 0.863. The monoisotopic (exact) mass is 274 g/mol. The third-order valence-corrected chi connectivity index (χ3v) is 4.27. The summed E-state index contributed by atoms with van der Waals surface area (Å²) in [5.74, 6) is 0. The van der Waals surface area contributed by atoms with Crippen molar-refractivity contribution in [2.75, 3.05) is 24.6 Å². The lowest BCUT2D eigenvalue weighted by Crippen LogP contribution is -2.40. The second-order valence-corrected chi connectivity index (χ2v) is 5.95. The van der Waals surface area contributed by atoms with Gasteiger partial charge < -0.3 is 15.0 Å². The van der Waals surface area contributed by atoms with E-state index in [9.17, 15) is 0 Å². The van der Waals surface area contributed by atoms with E-state index < -0.39 is 0 Å². The molecule has 3 rings (SSSR count). The number of rotatable bonds is 6. The van der Waals surface area contributed by atoms with Crippen LogP contribution in [0.1, 0.15) is 38.2 Å². The van der Waals surface area contributed by atoms with E-state index in [0.29, 0.717) is 6.10 Å². The van der Waals surface area contributed by atoms with Gasteiger partial charge in [0.25, 0.3) is 0 Å². The molecule has 1 saturated heterocycles. The van der Waals surface area contributed by atoms with Crippen LogP contribution in [0.3, 0.4) is 0 Å². The van der Waals surface area contributed by atoms with E-state index in [4.69, 9.17) is 4.74 Å². The molecule has 0 spiro atoms. The van der Waals surface area contributed by atoms with Crippen LogP contribution in [-0.4, -0.2) is 31.8 Å². The Morgan fingerprint density at radius 2 is 2.10 bits per heavy atom. The Morgan fingerprint density at radius 1 is 1.25 bits per heavy atom. The zero-order valence-electron chi connectivity index (χ0n) is 12.5. The highest BCUT2D eigenvalue weighted by molar-refractivity contribution is 5.54. The van der Waals surface area contributed by atoms with Gasteiger partial charge in [-0.1, -0.05) is 18.2 Å². The van der Waals surface area contributed by atoms with Crippen LogP contribution in [0.5, 0.6) is 0 Å². The summed E-state index contributed by atoms with van der Waals surface area (Å²) in [5, 5.41) is 3.63. The Balaban J connectivity index is 1.67. The molecule has 2 fully saturated rings. The predicted molar refractivity (Wildman–Crippen MR) is 83.2 cm³/mol. The van der Waals surface area contributed by atoms with Crippen LogP contribution in [0.2, 0.25) is 0 Å². The van der Waals surface area contributed by atoms with Gasteiger partial charge in [0.1, 0.15) is 0 Å². The minimum Gasteiger partial charge on any atom is -0.377 e. The minimum atomic E-state index is 0.401. The molecule has 2 aliphatic rings. The second kappa shape index (κ2) is 6.59. The molecule has 110 valence electrons. The molecule has 1 N–H and O–H groups in total. The summed E-state index contributed by atoms with van der Waals surface area (Å²) in [7, 11) is 0. The molecule has 0 aromatic heterocycles. The predicted octanol–water partition coefficient (Wildman–Crippen LogP) is 2.94. The fraction of sp³-hybridized carbons (Fsp3) is 0.647. The van der Waals surface area contributed by atoms with Crippen LogP contribution in [0.25, 0.3) is 0 Å². The lowest BCUT2D eigenvalue weighted by Gasteiger charge is -2.35. The summed E-state index contributed by atoms with van der Waals surface area (Å²) >= 11 is 0. The summed E-state index contributed by atoms with van der Waals surface area (Å²) in [6, 6.07) is 9.59. The van der Waals surface area contributed by atoms with Gasteiger partial charge in [-0.15, -0.1) is 0 Å². The zero-order valence-corrected chi connectivity index (χ0v) is 12.5. The fourth-order valence-corrected chi connectivity index (χ4v) is 3.04. The van der Waals surface area contributed by atoms with E-state index in [0.717, 1.165) is 32.3 Å². The third kappa shape index (κ3) is 3.53. The highest BCUT2D eigenvalue weighted by Gasteiger charge is 2.23. The largest absolute Gasteiger partial charge is 0.377 e. The van der Waals surface area contributed by atoms with Crippen molar-refractivity contribution >= 4 is 5.69 Å². The molecule has 1 heterocycles. The lowest BCUT2D eigenvalue weighted by molar-refractivity contribution is 0.0526. The number of piperidine rings is 1. The SMILES string of the molecule is CCOC1CCCN(c2ccccc2CNC2CC2)C1. The first-order chi connectivity index (χ1) is 9.86. The maximum atomic E-state index is 5.83. The fourth-order valence-electron chi connectivity index (χ4n) is 3.04. The smallest absolute Gasteiger partial charge is 0.0750 e. The summed E-state index contributed by atoms with van der Waals surface area (Å²) in [6.07, 6.45) is 5.52. The number of anilines is 1. The first-order valence-corrected chi connectivity index (χ1v) is 8.04. The van der Waals surface area contributed by atoms with Crippen molar-refractivity contribution in [3.8, 4) is 0 Å². The molecular weight excluding hydrogens is 248 g/mol. The molecule has 0 radical (unpaired) electrons. The van der Waals surface area contributed by atoms with Gasteiger partial charge in [-0.2, -0.15) is 0 Å². The summed E-state index contributed by atoms with van der Waals surface area (Å²) < 4.78 is 5.83. The number of nitrogens with one attached hydrogen (secondary N) is 1. The minimum absolute atomic E-state index is 0.401. The number of para-hydroxylation sites is 1. The van der Waals surface area contributed by atoms with Crippen molar-refractivity contribution in [3.63, 3.8) is 0 Å². The highest BCUT2D eigenvalue weighted by atomic mass is 16.5. The Labute approximate surface area is 122 Å². The zero-order chi connectivity index (χ0) is 13.8. The number of ether oxygens (including phenoxy) is 1. The van der Waals surface area contributed by atoms with E-state index in [-0.39, 0.29) is 0 Å². The molecule has 20 heavy (non-hydrogen) atoms. The molecule has 1 aromatic carbocycles. The number of hydrogen-bond donors (Lipinski definition) is 1.